The van der Waals surface area contributed by atoms with E-state index in [0.29, 0.717) is 22.2 Å². The molecule has 148 valence electrons. The Hall–Kier alpha value is -4.40. The maximum absolute atomic E-state index is 11.5. The number of primary amides is 1. The monoisotopic (exact) mass is 399 g/mol. The Morgan fingerprint density at radius 3 is 2.87 bits per heavy atom. The summed E-state index contributed by atoms with van der Waals surface area (Å²) in [5.74, 6) is 0.172. The van der Waals surface area contributed by atoms with Gasteiger partial charge in [-0.2, -0.15) is 10.2 Å². The average molecular weight is 399 g/mol. The van der Waals surface area contributed by atoms with E-state index in [9.17, 15) is 4.79 Å². The van der Waals surface area contributed by atoms with E-state index in [-0.39, 0.29) is 12.4 Å². The van der Waals surface area contributed by atoms with E-state index in [0.717, 1.165) is 22.2 Å². The third-order valence-corrected chi connectivity index (χ3v) is 4.87. The lowest BCUT2D eigenvalue weighted by Gasteiger charge is -2.13. The highest BCUT2D eigenvalue weighted by Crippen LogP contribution is 2.28. The molecule has 0 saturated carbocycles. The van der Waals surface area contributed by atoms with Crippen LogP contribution in [0.5, 0.6) is 5.75 Å². The second-order valence-corrected chi connectivity index (χ2v) is 6.82. The normalized spacial score (nSPS) is 11.2. The number of carbonyl (C=O) groups excluding carboxylic acids is 1. The molecular weight excluding hydrogens is 382 g/mol. The van der Waals surface area contributed by atoms with E-state index < -0.39 is 5.91 Å². The summed E-state index contributed by atoms with van der Waals surface area (Å²) in [4.78, 5) is 15.8. The molecule has 0 fully saturated rings. The number of hydrogen-bond acceptors (Lipinski definition) is 6. The molecule has 0 bridgehead atoms. The molecule has 0 aliphatic heterocycles. The predicted molar refractivity (Wildman–Crippen MR) is 112 cm³/mol. The van der Waals surface area contributed by atoms with Gasteiger partial charge in [0.05, 0.1) is 22.9 Å². The van der Waals surface area contributed by atoms with Crippen molar-refractivity contribution in [3.05, 3.63) is 72.2 Å². The summed E-state index contributed by atoms with van der Waals surface area (Å²) in [5, 5.41) is 13.1. The van der Waals surface area contributed by atoms with Crippen molar-refractivity contribution in [2.45, 2.75) is 6.61 Å². The maximum atomic E-state index is 11.5. The highest BCUT2D eigenvalue weighted by atomic mass is 16.5. The topological polar surface area (TPSA) is 138 Å². The third kappa shape index (κ3) is 3.08. The van der Waals surface area contributed by atoms with Crippen molar-refractivity contribution in [3.8, 4) is 11.4 Å². The number of fused-ring (bicyclic) bond motifs is 2. The molecule has 5 aromatic rings. The summed E-state index contributed by atoms with van der Waals surface area (Å²) in [7, 11) is 0. The van der Waals surface area contributed by atoms with E-state index in [2.05, 4.69) is 20.3 Å². The van der Waals surface area contributed by atoms with Gasteiger partial charge in [0.15, 0.2) is 11.6 Å². The van der Waals surface area contributed by atoms with Gasteiger partial charge >= 0.3 is 0 Å². The van der Waals surface area contributed by atoms with Crippen molar-refractivity contribution >= 4 is 33.5 Å². The van der Waals surface area contributed by atoms with E-state index in [4.69, 9.17) is 16.2 Å². The average Bonchev–Trinajstić information content (AvgIpc) is 3.42. The quantitative estimate of drug-likeness (QED) is 0.415. The molecule has 0 saturated heterocycles. The number of H-pyrrole nitrogens is 1. The van der Waals surface area contributed by atoms with Gasteiger partial charge in [0, 0.05) is 34.3 Å². The molecule has 3 aromatic heterocycles. The van der Waals surface area contributed by atoms with Gasteiger partial charge in [0.2, 0.25) is 5.91 Å². The van der Waals surface area contributed by atoms with Crippen LogP contribution >= 0.6 is 0 Å². The Labute approximate surface area is 170 Å². The van der Waals surface area contributed by atoms with Gasteiger partial charge in [0.1, 0.15) is 6.61 Å². The highest BCUT2D eigenvalue weighted by Gasteiger charge is 2.12. The zero-order valence-electron chi connectivity index (χ0n) is 15.7. The van der Waals surface area contributed by atoms with E-state index in [1.165, 1.54) is 0 Å². The minimum atomic E-state index is -0.507. The summed E-state index contributed by atoms with van der Waals surface area (Å²) in [5.41, 5.74) is 15.2. The summed E-state index contributed by atoms with van der Waals surface area (Å²) in [6, 6.07) is 12.6. The van der Waals surface area contributed by atoms with E-state index >= 15 is 0 Å². The fraction of sp³-hybridized carbons (Fsp3) is 0.0476. The molecule has 9 heteroatoms. The minimum Gasteiger partial charge on any atom is -0.485 e. The lowest BCUT2D eigenvalue weighted by Crippen LogP contribution is -2.10. The van der Waals surface area contributed by atoms with Crippen LogP contribution in [0.2, 0.25) is 0 Å². The van der Waals surface area contributed by atoms with Crippen molar-refractivity contribution in [1.29, 1.82) is 0 Å². The number of aromatic nitrogens is 5. The molecule has 5 rings (SSSR count). The van der Waals surface area contributed by atoms with E-state index in [1.54, 1.807) is 41.3 Å². The van der Waals surface area contributed by atoms with Crippen molar-refractivity contribution < 1.29 is 9.53 Å². The lowest BCUT2D eigenvalue weighted by atomic mass is 10.1. The first kappa shape index (κ1) is 17.7. The lowest BCUT2D eigenvalue weighted by molar-refractivity contribution is 0.100. The fourth-order valence-corrected chi connectivity index (χ4v) is 3.36. The van der Waals surface area contributed by atoms with E-state index in [1.807, 2.05) is 24.4 Å². The zero-order valence-corrected chi connectivity index (χ0v) is 15.7. The molecule has 3 heterocycles. The number of aromatic amines is 1. The molecule has 0 atom stereocenters. The van der Waals surface area contributed by atoms with Crippen LogP contribution in [0.4, 0.5) is 5.82 Å². The molecule has 0 aliphatic rings. The SMILES string of the molecule is NC(=O)c1ccc2nc(N)c(OCc3cc4[nH]ncc4cc3-n3cccn3)cc2c1. The van der Waals surface area contributed by atoms with Gasteiger partial charge in [-0.3, -0.25) is 9.89 Å². The molecule has 9 nitrogen and oxygen atoms in total. The Balaban J connectivity index is 1.52. The molecule has 0 radical (unpaired) electrons. The first-order chi connectivity index (χ1) is 14.6. The van der Waals surface area contributed by atoms with Crippen LogP contribution in [0.15, 0.2) is 61.1 Å². The fourth-order valence-electron chi connectivity index (χ4n) is 3.36. The summed E-state index contributed by atoms with van der Waals surface area (Å²) in [6.07, 6.45) is 5.34. The van der Waals surface area contributed by atoms with Crippen molar-refractivity contribution in [1.82, 2.24) is 25.0 Å². The second kappa shape index (κ2) is 6.89. The third-order valence-electron chi connectivity index (χ3n) is 4.87. The van der Waals surface area contributed by atoms with Crippen LogP contribution < -0.4 is 16.2 Å². The van der Waals surface area contributed by atoms with Gasteiger partial charge < -0.3 is 16.2 Å². The number of nitrogens with zero attached hydrogens (tertiary/aromatic N) is 4. The molecular formula is C21H17N7O2. The molecule has 0 aliphatic carbocycles. The number of pyridine rings is 1. The van der Waals surface area contributed by atoms with Crippen LogP contribution in [-0.4, -0.2) is 30.9 Å². The smallest absolute Gasteiger partial charge is 0.248 e. The van der Waals surface area contributed by atoms with Crippen LogP contribution in [-0.2, 0) is 6.61 Å². The summed E-state index contributed by atoms with van der Waals surface area (Å²) >= 11 is 0. The number of nitrogens with two attached hydrogens (primary N) is 2. The second-order valence-electron chi connectivity index (χ2n) is 6.82. The number of hydrogen-bond donors (Lipinski definition) is 3. The number of anilines is 1. The summed E-state index contributed by atoms with van der Waals surface area (Å²) in [6.45, 7) is 0.233. The van der Waals surface area contributed by atoms with Gasteiger partial charge in [-0.05, 0) is 42.5 Å². The molecule has 5 N–H and O–H groups in total. The van der Waals surface area contributed by atoms with Crippen molar-refractivity contribution in [2.75, 3.05) is 5.73 Å². The number of nitrogens with one attached hydrogen (secondary N) is 1. The van der Waals surface area contributed by atoms with Crippen LogP contribution in [0.1, 0.15) is 15.9 Å². The largest absolute Gasteiger partial charge is 0.485 e. The predicted octanol–water partition coefficient (Wildman–Crippen LogP) is 2.56. The van der Waals surface area contributed by atoms with Gasteiger partial charge in [-0.15, -0.1) is 0 Å². The molecule has 2 aromatic carbocycles. The minimum absolute atomic E-state index is 0.233. The molecule has 30 heavy (non-hydrogen) atoms. The van der Waals surface area contributed by atoms with Crippen LogP contribution in [0.3, 0.4) is 0 Å². The molecule has 0 unspecified atom stereocenters. The molecule has 0 spiro atoms. The van der Waals surface area contributed by atoms with Crippen LogP contribution in [0, 0.1) is 0 Å². The number of amides is 1. The van der Waals surface area contributed by atoms with Gasteiger partial charge in [0.25, 0.3) is 0 Å². The van der Waals surface area contributed by atoms with Crippen molar-refractivity contribution in [2.24, 2.45) is 5.73 Å². The molecule has 1 amide bonds. The van der Waals surface area contributed by atoms with Crippen molar-refractivity contribution in [3.63, 3.8) is 0 Å². The highest BCUT2D eigenvalue weighted by molar-refractivity contribution is 5.97. The number of nitrogen functional groups attached to an aromatic ring is 1. The Morgan fingerprint density at radius 1 is 1.17 bits per heavy atom. The first-order valence-corrected chi connectivity index (χ1v) is 9.17. The Bertz CT molecular complexity index is 1390. The van der Waals surface area contributed by atoms with Gasteiger partial charge in [-0.25, -0.2) is 9.67 Å². The Morgan fingerprint density at radius 2 is 2.07 bits per heavy atom. The Kier molecular flexibility index (Phi) is 4.06. The van der Waals surface area contributed by atoms with Gasteiger partial charge in [-0.1, -0.05) is 0 Å². The standard InChI is InChI=1S/C21H17N7O2/c22-20-19(9-13-6-12(21(23)29)2-3-16(13)26-20)30-11-15-7-17-14(10-24-27-17)8-18(15)28-5-1-4-25-28/h1-10H,11H2,(H2,22,26)(H2,23,29)(H,24,27). The number of ether oxygens (including phenoxy) is 1. The number of rotatable bonds is 5. The zero-order chi connectivity index (χ0) is 20.7. The number of benzene rings is 2. The first-order valence-electron chi connectivity index (χ1n) is 9.17. The van der Waals surface area contributed by atoms with Crippen LogP contribution in [0.25, 0.3) is 27.5 Å². The number of carbonyl (C=O) groups is 1. The maximum Gasteiger partial charge on any atom is 0.248 e. The summed E-state index contributed by atoms with van der Waals surface area (Å²) < 4.78 is 7.79.